The Kier molecular flexibility index (Phi) is 3.75. The third-order valence-corrected chi connectivity index (χ3v) is 3.79. The molecule has 0 fully saturated rings. The molecule has 0 aliphatic carbocycles. The van der Waals surface area contributed by atoms with Crippen LogP contribution in [-0.2, 0) is 0 Å². The normalized spacial score (nSPS) is 12.6. The topological polar surface area (TPSA) is 12.0 Å². The van der Waals surface area contributed by atoms with Crippen molar-refractivity contribution >= 4 is 11.3 Å². The maximum absolute atomic E-state index is 3.55. The molecule has 2 heteroatoms. The summed E-state index contributed by atoms with van der Waals surface area (Å²) in [5, 5.41) is 5.72. The number of thiophene rings is 1. The summed E-state index contributed by atoms with van der Waals surface area (Å²) < 4.78 is 0. The van der Waals surface area contributed by atoms with Gasteiger partial charge >= 0.3 is 0 Å². The van der Waals surface area contributed by atoms with Gasteiger partial charge in [-0.05, 0) is 36.0 Å². The first kappa shape index (κ1) is 11.4. The van der Waals surface area contributed by atoms with Crippen LogP contribution in [0.4, 0.5) is 0 Å². The lowest BCUT2D eigenvalue weighted by Gasteiger charge is -2.18. The predicted molar refractivity (Wildman–Crippen MR) is 71.0 cm³/mol. The van der Waals surface area contributed by atoms with E-state index in [1.165, 1.54) is 16.0 Å². The van der Waals surface area contributed by atoms with Crippen molar-refractivity contribution in [2.24, 2.45) is 0 Å². The number of rotatable bonds is 4. The number of benzene rings is 1. The second kappa shape index (κ2) is 5.28. The van der Waals surface area contributed by atoms with E-state index < -0.39 is 0 Å². The molecule has 2 aromatic rings. The Bertz CT molecular complexity index is 433. The molecule has 0 saturated heterocycles. The average molecular weight is 231 g/mol. The van der Waals surface area contributed by atoms with E-state index in [4.69, 9.17) is 0 Å². The highest BCUT2D eigenvalue weighted by Gasteiger charge is 2.15. The molecule has 1 unspecified atom stereocenters. The van der Waals surface area contributed by atoms with Crippen molar-refractivity contribution in [3.8, 4) is 0 Å². The fourth-order valence-electron chi connectivity index (χ4n) is 1.89. The summed E-state index contributed by atoms with van der Waals surface area (Å²) in [5.41, 5.74) is 2.72. The molecule has 1 atom stereocenters. The zero-order valence-corrected chi connectivity index (χ0v) is 10.6. The SMILES string of the molecule is CCNC(c1ccccc1)c1sccc1C. The molecule has 2 rings (SSSR count). The third kappa shape index (κ3) is 2.34. The highest BCUT2D eigenvalue weighted by molar-refractivity contribution is 7.10. The molecule has 84 valence electrons. The number of hydrogen-bond donors (Lipinski definition) is 1. The van der Waals surface area contributed by atoms with Gasteiger partial charge in [-0.25, -0.2) is 0 Å². The summed E-state index contributed by atoms with van der Waals surface area (Å²) in [4.78, 5) is 1.42. The Balaban J connectivity index is 2.35. The van der Waals surface area contributed by atoms with Crippen LogP contribution in [0, 0.1) is 6.92 Å². The number of nitrogens with one attached hydrogen (secondary N) is 1. The van der Waals surface area contributed by atoms with Gasteiger partial charge in [0, 0.05) is 4.88 Å². The Morgan fingerprint density at radius 2 is 1.94 bits per heavy atom. The number of hydrogen-bond acceptors (Lipinski definition) is 2. The van der Waals surface area contributed by atoms with E-state index in [0.717, 1.165) is 6.54 Å². The van der Waals surface area contributed by atoms with Crippen LogP contribution in [0.1, 0.15) is 29.0 Å². The zero-order chi connectivity index (χ0) is 11.4. The summed E-state index contributed by atoms with van der Waals surface area (Å²) in [5.74, 6) is 0. The summed E-state index contributed by atoms with van der Waals surface area (Å²) >= 11 is 1.83. The first-order valence-corrected chi connectivity index (χ1v) is 6.53. The van der Waals surface area contributed by atoms with E-state index >= 15 is 0 Å². The molecule has 0 bridgehead atoms. The van der Waals surface area contributed by atoms with Crippen LogP contribution >= 0.6 is 11.3 Å². The molecule has 16 heavy (non-hydrogen) atoms. The second-order valence-corrected chi connectivity index (χ2v) is 4.82. The quantitative estimate of drug-likeness (QED) is 0.845. The van der Waals surface area contributed by atoms with Crippen LogP contribution in [0.3, 0.4) is 0 Å². The van der Waals surface area contributed by atoms with Gasteiger partial charge in [-0.1, -0.05) is 37.3 Å². The summed E-state index contributed by atoms with van der Waals surface area (Å²) in [7, 11) is 0. The zero-order valence-electron chi connectivity index (χ0n) is 9.73. The van der Waals surface area contributed by atoms with E-state index in [-0.39, 0.29) is 0 Å². The highest BCUT2D eigenvalue weighted by Crippen LogP contribution is 2.29. The highest BCUT2D eigenvalue weighted by atomic mass is 32.1. The molecule has 0 aliphatic rings. The predicted octanol–water partition coefficient (Wildman–Crippen LogP) is 3.76. The molecule has 1 aromatic heterocycles. The van der Waals surface area contributed by atoms with Gasteiger partial charge in [0.2, 0.25) is 0 Å². The molecular formula is C14H17NS. The van der Waals surface area contributed by atoms with E-state index in [0.29, 0.717) is 6.04 Å². The van der Waals surface area contributed by atoms with E-state index in [9.17, 15) is 0 Å². The fraction of sp³-hybridized carbons (Fsp3) is 0.286. The molecular weight excluding hydrogens is 214 g/mol. The second-order valence-electron chi connectivity index (χ2n) is 3.87. The molecule has 0 spiro atoms. The molecule has 0 saturated carbocycles. The average Bonchev–Trinajstić information content (AvgIpc) is 2.73. The lowest BCUT2D eigenvalue weighted by atomic mass is 10.0. The van der Waals surface area contributed by atoms with Crippen molar-refractivity contribution in [1.29, 1.82) is 0 Å². The van der Waals surface area contributed by atoms with Crippen LogP contribution in [-0.4, -0.2) is 6.54 Å². The summed E-state index contributed by atoms with van der Waals surface area (Å²) in [6.07, 6.45) is 0. The monoisotopic (exact) mass is 231 g/mol. The lowest BCUT2D eigenvalue weighted by Crippen LogP contribution is -2.21. The molecule has 1 aromatic carbocycles. The molecule has 1 heterocycles. The number of aryl methyl sites for hydroxylation is 1. The van der Waals surface area contributed by atoms with Crippen LogP contribution in [0.5, 0.6) is 0 Å². The van der Waals surface area contributed by atoms with Crippen LogP contribution in [0.2, 0.25) is 0 Å². The van der Waals surface area contributed by atoms with Crippen LogP contribution in [0.15, 0.2) is 41.8 Å². The Morgan fingerprint density at radius 3 is 2.50 bits per heavy atom. The Morgan fingerprint density at radius 1 is 1.19 bits per heavy atom. The van der Waals surface area contributed by atoms with E-state index in [2.05, 4.69) is 60.9 Å². The van der Waals surface area contributed by atoms with Crippen LogP contribution < -0.4 is 5.32 Å². The fourth-order valence-corrected chi connectivity index (χ4v) is 2.92. The third-order valence-electron chi connectivity index (χ3n) is 2.71. The molecule has 0 amide bonds. The van der Waals surface area contributed by atoms with Crippen molar-refractivity contribution in [2.75, 3.05) is 6.54 Å². The van der Waals surface area contributed by atoms with Gasteiger partial charge in [0.25, 0.3) is 0 Å². The minimum Gasteiger partial charge on any atom is -0.306 e. The van der Waals surface area contributed by atoms with Crippen molar-refractivity contribution in [1.82, 2.24) is 5.32 Å². The van der Waals surface area contributed by atoms with E-state index in [1.54, 1.807) is 0 Å². The summed E-state index contributed by atoms with van der Waals surface area (Å²) in [6, 6.07) is 13.2. The smallest absolute Gasteiger partial charge is 0.0673 e. The largest absolute Gasteiger partial charge is 0.306 e. The molecule has 1 nitrogen and oxygen atoms in total. The maximum Gasteiger partial charge on any atom is 0.0673 e. The van der Waals surface area contributed by atoms with Gasteiger partial charge in [0.1, 0.15) is 0 Å². The first-order chi connectivity index (χ1) is 7.83. The molecule has 1 N–H and O–H groups in total. The van der Waals surface area contributed by atoms with Gasteiger partial charge in [-0.3, -0.25) is 0 Å². The maximum atomic E-state index is 3.55. The van der Waals surface area contributed by atoms with Gasteiger partial charge in [0.05, 0.1) is 6.04 Å². The standard InChI is InChI=1S/C14H17NS/c1-3-15-13(12-7-5-4-6-8-12)14-11(2)9-10-16-14/h4-10,13,15H,3H2,1-2H3. The van der Waals surface area contributed by atoms with E-state index in [1.807, 2.05) is 11.3 Å². The minimum atomic E-state index is 0.339. The molecule has 0 radical (unpaired) electrons. The Hall–Kier alpha value is -1.12. The van der Waals surface area contributed by atoms with Gasteiger partial charge in [-0.2, -0.15) is 0 Å². The van der Waals surface area contributed by atoms with Crippen molar-refractivity contribution in [3.05, 3.63) is 57.8 Å². The summed E-state index contributed by atoms with van der Waals surface area (Å²) in [6.45, 7) is 5.31. The van der Waals surface area contributed by atoms with Gasteiger partial charge in [-0.15, -0.1) is 11.3 Å². The minimum absolute atomic E-state index is 0.339. The Labute approximate surface area is 101 Å². The van der Waals surface area contributed by atoms with Crippen molar-refractivity contribution < 1.29 is 0 Å². The van der Waals surface area contributed by atoms with Gasteiger partial charge in [0.15, 0.2) is 0 Å². The van der Waals surface area contributed by atoms with Crippen LogP contribution in [0.25, 0.3) is 0 Å². The lowest BCUT2D eigenvalue weighted by molar-refractivity contribution is 0.637. The molecule has 0 aliphatic heterocycles. The first-order valence-electron chi connectivity index (χ1n) is 5.65. The van der Waals surface area contributed by atoms with Gasteiger partial charge < -0.3 is 5.32 Å². The van der Waals surface area contributed by atoms with Crippen molar-refractivity contribution in [3.63, 3.8) is 0 Å². The van der Waals surface area contributed by atoms with Crippen molar-refractivity contribution in [2.45, 2.75) is 19.9 Å².